The second-order valence-electron chi connectivity index (χ2n) is 8.23. The van der Waals surface area contributed by atoms with Crippen LogP contribution in [-0.4, -0.2) is 45.4 Å². The van der Waals surface area contributed by atoms with Gasteiger partial charge >= 0.3 is 0 Å². The highest BCUT2D eigenvalue weighted by Crippen LogP contribution is 2.39. The molecule has 2 saturated heterocycles. The van der Waals surface area contributed by atoms with Gasteiger partial charge in [0.2, 0.25) is 0 Å². The third-order valence-electron chi connectivity index (χ3n) is 5.45. The van der Waals surface area contributed by atoms with Crippen LogP contribution in [0.25, 0.3) is 0 Å². The van der Waals surface area contributed by atoms with Gasteiger partial charge in [0.1, 0.15) is 11.6 Å². The van der Waals surface area contributed by atoms with Crippen molar-refractivity contribution >= 4 is 5.91 Å². The van der Waals surface area contributed by atoms with E-state index in [4.69, 9.17) is 4.74 Å². The Morgan fingerprint density at radius 2 is 2.08 bits per heavy atom. The smallest absolute Gasteiger partial charge is 0.258 e. The lowest BCUT2D eigenvalue weighted by atomic mass is 9.79. The van der Waals surface area contributed by atoms with E-state index in [-0.39, 0.29) is 11.4 Å². The first-order valence-corrected chi connectivity index (χ1v) is 9.20. The monoisotopic (exact) mass is 344 g/mol. The van der Waals surface area contributed by atoms with E-state index >= 15 is 0 Å². The number of nitriles is 1. The molecule has 25 heavy (non-hydrogen) atoms. The molecule has 136 valence electrons. The largest absolute Gasteiger partial charge is 0.372 e. The van der Waals surface area contributed by atoms with Crippen LogP contribution in [0.15, 0.2) is 6.20 Å². The van der Waals surface area contributed by atoms with Gasteiger partial charge in [0, 0.05) is 18.8 Å². The van der Waals surface area contributed by atoms with Crippen molar-refractivity contribution in [1.82, 2.24) is 14.7 Å². The number of ether oxygens (including phenoxy) is 1. The Kier molecular flexibility index (Phi) is 4.63. The summed E-state index contributed by atoms with van der Waals surface area (Å²) >= 11 is 0. The number of hydrogen-bond acceptors (Lipinski definition) is 4. The van der Waals surface area contributed by atoms with Gasteiger partial charge < -0.3 is 9.64 Å². The Morgan fingerprint density at radius 1 is 1.36 bits per heavy atom. The zero-order valence-electron chi connectivity index (χ0n) is 15.7. The molecule has 3 rings (SSSR count). The maximum Gasteiger partial charge on any atom is 0.258 e. The first-order valence-electron chi connectivity index (χ1n) is 9.20. The molecular weight excluding hydrogens is 316 g/mol. The molecule has 0 bridgehead atoms. The molecule has 0 unspecified atom stereocenters. The van der Waals surface area contributed by atoms with Crippen LogP contribution in [0.4, 0.5) is 0 Å². The quantitative estimate of drug-likeness (QED) is 0.785. The number of nitrogens with zero attached hydrogens (tertiary/aromatic N) is 4. The molecule has 1 spiro atoms. The van der Waals surface area contributed by atoms with E-state index in [0.29, 0.717) is 18.7 Å². The SMILES string of the molecule is Cc1c(C(=O)N2CCC[C@@]3(CCCCO3)[C@H]2C#N)cnn1C(C)(C)C. The Bertz CT molecular complexity index is 684. The van der Waals surface area contributed by atoms with Crippen molar-refractivity contribution in [3.05, 3.63) is 17.5 Å². The maximum atomic E-state index is 13.2. The minimum atomic E-state index is -0.522. The van der Waals surface area contributed by atoms with E-state index in [1.54, 1.807) is 11.1 Å². The highest BCUT2D eigenvalue weighted by molar-refractivity contribution is 5.95. The van der Waals surface area contributed by atoms with Crippen LogP contribution >= 0.6 is 0 Å². The summed E-state index contributed by atoms with van der Waals surface area (Å²) in [5.41, 5.74) is 0.753. The molecule has 2 atom stereocenters. The summed E-state index contributed by atoms with van der Waals surface area (Å²) < 4.78 is 7.95. The second kappa shape index (κ2) is 6.45. The van der Waals surface area contributed by atoms with Crippen LogP contribution in [0.3, 0.4) is 0 Å². The number of aromatic nitrogens is 2. The van der Waals surface area contributed by atoms with Crippen molar-refractivity contribution in [3.63, 3.8) is 0 Å². The molecule has 0 aliphatic carbocycles. The minimum Gasteiger partial charge on any atom is -0.372 e. The number of hydrogen-bond donors (Lipinski definition) is 0. The third kappa shape index (κ3) is 3.06. The van der Waals surface area contributed by atoms with E-state index in [9.17, 15) is 10.1 Å². The van der Waals surface area contributed by atoms with Gasteiger partial charge in [-0.05, 0) is 59.8 Å². The van der Waals surface area contributed by atoms with Crippen molar-refractivity contribution in [1.29, 1.82) is 5.26 Å². The first kappa shape index (κ1) is 17.9. The maximum absolute atomic E-state index is 13.2. The molecule has 3 heterocycles. The summed E-state index contributed by atoms with van der Waals surface area (Å²) in [4.78, 5) is 14.9. The molecule has 0 aromatic carbocycles. The first-order chi connectivity index (χ1) is 11.8. The van der Waals surface area contributed by atoms with Gasteiger partial charge in [0.15, 0.2) is 0 Å². The highest BCUT2D eigenvalue weighted by Gasteiger charge is 2.49. The van der Waals surface area contributed by atoms with Gasteiger partial charge in [0.05, 0.1) is 23.4 Å². The second-order valence-corrected chi connectivity index (χ2v) is 8.23. The fourth-order valence-corrected chi connectivity index (χ4v) is 4.24. The average molecular weight is 344 g/mol. The molecule has 1 aromatic heterocycles. The molecule has 2 fully saturated rings. The molecule has 0 radical (unpaired) electrons. The number of piperidine rings is 1. The van der Waals surface area contributed by atoms with E-state index < -0.39 is 11.6 Å². The number of carbonyl (C=O) groups is 1. The number of rotatable bonds is 1. The molecule has 1 amide bonds. The Hall–Kier alpha value is -1.87. The third-order valence-corrected chi connectivity index (χ3v) is 5.45. The minimum absolute atomic E-state index is 0.104. The normalized spacial score (nSPS) is 27.3. The molecule has 2 aliphatic heterocycles. The zero-order chi connectivity index (χ0) is 18.2. The van der Waals surface area contributed by atoms with Gasteiger partial charge in [-0.1, -0.05) is 0 Å². The number of carbonyl (C=O) groups excluding carboxylic acids is 1. The highest BCUT2D eigenvalue weighted by atomic mass is 16.5. The van der Waals surface area contributed by atoms with Crippen LogP contribution in [0.5, 0.6) is 0 Å². The lowest BCUT2D eigenvalue weighted by Crippen LogP contribution is -2.60. The van der Waals surface area contributed by atoms with E-state index in [2.05, 4.69) is 31.9 Å². The molecule has 6 heteroatoms. The summed E-state index contributed by atoms with van der Waals surface area (Å²) in [6.07, 6.45) is 6.31. The lowest BCUT2D eigenvalue weighted by molar-refractivity contribution is -0.128. The van der Waals surface area contributed by atoms with E-state index in [0.717, 1.165) is 37.8 Å². The standard InChI is InChI=1S/C19H28N4O2/c1-14-15(13-21-23(14)18(2,3)4)17(24)22-10-7-9-19(16(22)12-20)8-5-6-11-25-19/h13,16H,5-11H2,1-4H3/t16-,19+/m1/s1. The Labute approximate surface area is 149 Å². The molecular formula is C19H28N4O2. The Morgan fingerprint density at radius 3 is 2.64 bits per heavy atom. The van der Waals surface area contributed by atoms with Gasteiger partial charge in [0.25, 0.3) is 5.91 Å². The van der Waals surface area contributed by atoms with Crippen molar-refractivity contribution in [3.8, 4) is 6.07 Å². The van der Waals surface area contributed by atoms with Crippen LogP contribution in [-0.2, 0) is 10.3 Å². The molecule has 1 aromatic rings. The summed E-state index contributed by atoms with van der Waals surface area (Å²) in [5.74, 6) is -0.104. The molecule has 2 aliphatic rings. The zero-order valence-corrected chi connectivity index (χ0v) is 15.7. The number of likely N-dealkylation sites (tertiary alicyclic amines) is 1. The van der Waals surface area contributed by atoms with Crippen molar-refractivity contribution < 1.29 is 9.53 Å². The van der Waals surface area contributed by atoms with Gasteiger partial charge in [-0.3, -0.25) is 9.48 Å². The van der Waals surface area contributed by atoms with Gasteiger partial charge in [-0.15, -0.1) is 0 Å². The van der Waals surface area contributed by atoms with Crippen LogP contribution in [0, 0.1) is 18.3 Å². The van der Waals surface area contributed by atoms with Crippen molar-refractivity contribution in [2.24, 2.45) is 0 Å². The Balaban J connectivity index is 1.91. The summed E-state index contributed by atoms with van der Waals surface area (Å²) in [7, 11) is 0. The predicted octanol–water partition coefficient (Wildman–Crippen LogP) is 3.01. The summed E-state index contributed by atoms with van der Waals surface area (Å²) in [6, 6.07) is 1.85. The lowest BCUT2D eigenvalue weighted by Gasteiger charge is -2.48. The van der Waals surface area contributed by atoms with Crippen molar-refractivity contribution in [2.75, 3.05) is 13.2 Å². The summed E-state index contributed by atoms with van der Waals surface area (Å²) in [5, 5.41) is 14.2. The van der Waals surface area contributed by atoms with Crippen LogP contribution in [0.2, 0.25) is 0 Å². The van der Waals surface area contributed by atoms with Gasteiger partial charge in [-0.25, -0.2) is 0 Å². The fraction of sp³-hybridized carbons (Fsp3) is 0.737. The average Bonchev–Trinajstić information content (AvgIpc) is 2.96. The fourth-order valence-electron chi connectivity index (χ4n) is 4.24. The van der Waals surface area contributed by atoms with Gasteiger partial charge in [-0.2, -0.15) is 10.4 Å². The van der Waals surface area contributed by atoms with Crippen molar-refractivity contribution in [2.45, 2.75) is 77.0 Å². The van der Waals surface area contributed by atoms with Crippen LogP contribution in [0.1, 0.15) is 68.9 Å². The number of amides is 1. The summed E-state index contributed by atoms with van der Waals surface area (Å²) in [6.45, 7) is 9.38. The molecule has 0 N–H and O–H groups in total. The predicted molar refractivity (Wildman–Crippen MR) is 94.2 cm³/mol. The van der Waals surface area contributed by atoms with E-state index in [1.165, 1.54) is 0 Å². The topological polar surface area (TPSA) is 71.2 Å². The van der Waals surface area contributed by atoms with Crippen LogP contribution < -0.4 is 0 Å². The molecule has 0 saturated carbocycles. The van der Waals surface area contributed by atoms with E-state index in [1.807, 2.05) is 11.6 Å². The molecule has 6 nitrogen and oxygen atoms in total.